The van der Waals surface area contributed by atoms with Crippen molar-refractivity contribution in [2.45, 2.75) is 23.9 Å². The van der Waals surface area contributed by atoms with Gasteiger partial charge in [0.05, 0.1) is 11.8 Å². The minimum Gasteiger partial charge on any atom is -0.422 e. The van der Waals surface area contributed by atoms with E-state index in [4.69, 9.17) is 4.42 Å². The fraction of sp³-hybridized carbons (Fsp3) is 0.182. The molecule has 2 aromatic heterocycles. The van der Waals surface area contributed by atoms with Crippen molar-refractivity contribution in [3.8, 4) is 11.3 Å². The Morgan fingerprint density at radius 2 is 1.83 bits per heavy atom. The number of rotatable bonds is 6. The Labute approximate surface area is 172 Å². The second-order valence-corrected chi connectivity index (χ2v) is 7.42. The summed E-state index contributed by atoms with van der Waals surface area (Å²) in [4.78, 5) is 20.4. The van der Waals surface area contributed by atoms with Gasteiger partial charge < -0.3 is 9.32 Å². The highest BCUT2D eigenvalue weighted by Crippen LogP contribution is 2.27. The predicted molar refractivity (Wildman–Crippen MR) is 115 cm³/mol. The molecule has 0 bridgehead atoms. The Morgan fingerprint density at radius 1 is 1.03 bits per heavy atom. The van der Waals surface area contributed by atoms with Gasteiger partial charge in [0.2, 0.25) is 5.16 Å². The van der Waals surface area contributed by atoms with Gasteiger partial charge in [0.15, 0.2) is 0 Å². The highest BCUT2D eigenvalue weighted by atomic mass is 32.2. The summed E-state index contributed by atoms with van der Waals surface area (Å²) in [5, 5.41) is 9.40. The SMILES string of the molecule is CCN(CC)c1ccc2cc(-c3cnnc(Sc4ccccc4)n3)c(=O)oc2c1. The van der Waals surface area contributed by atoms with Crippen molar-refractivity contribution in [2.24, 2.45) is 0 Å². The van der Waals surface area contributed by atoms with E-state index in [9.17, 15) is 4.79 Å². The van der Waals surface area contributed by atoms with Crippen LogP contribution in [-0.2, 0) is 0 Å². The predicted octanol–water partition coefficient (Wildman–Crippen LogP) is 4.64. The topological polar surface area (TPSA) is 72.1 Å². The summed E-state index contributed by atoms with van der Waals surface area (Å²) < 4.78 is 5.61. The zero-order valence-electron chi connectivity index (χ0n) is 16.2. The lowest BCUT2D eigenvalue weighted by Crippen LogP contribution is -2.21. The van der Waals surface area contributed by atoms with Crippen LogP contribution in [0.2, 0.25) is 0 Å². The molecule has 2 heterocycles. The number of hydrogen-bond donors (Lipinski definition) is 0. The molecular formula is C22H20N4O2S. The summed E-state index contributed by atoms with van der Waals surface area (Å²) in [6.45, 7) is 5.97. The minimum atomic E-state index is -0.439. The van der Waals surface area contributed by atoms with Crippen molar-refractivity contribution in [3.05, 3.63) is 71.2 Å². The maximum atomic E-state index is 12.6. The van der Waals surface area contributed by atoms with Crippen molar-refractivity contribution < 1.29 is 4.42 Å². The second kappa shape index (κ2) is 8.45. The van der Waals surface area contributed by atoms with Gasteiger partial charge in [-0.05, 0) is 55.9 Å². The van der Waals surface area contributed by atoms with Crippen molar-refractivity contribution in [1.29, 1.82) is 0 Å². The lowest BCUT2D eigenvalue weighted by atomic mass is 10.1. The van der Waals surface area contributed by atoms with E-state index in [1.165, 1.54) is 18.0 Å². The zero-order chi connectivity index (χ0) is 20.2. The van der Waals surface area contributed by atoms with Crippen LogP contribution >= 0.6 is 11.8 Å². The fourth-order valence-electron chi connectivity index (χ4n) is 3.12. The van der Waals surface area contributed by atoms with E-state index in [1.807, 2.05) is 48.5 Å². The van der Waals surface area contributed by atoms with Crippen LogP contribution < -0.4 is 10.5 Å². The number of fused-ring (bicyclic) bond motifs is 1. The Hall–Kier alpha value is -3.19. The summed E-state index contributed by atoms with van der Waals surface area (Å²) in [5.41, 5.74) is 1.97. The molecule has 0 saturated heterocycles. The Balaban J connectivity index is 1.71. The highest BCUT2D eigenvalue weighted by Gasteiger charge is 2.13. The maximum absolute atomic E-state index is 12.6. The molecule has 0 aliphatic carbocycles. The van der Waals surface area contributed by atoms with E-state index in [1.54, 1.807) is 6.07 Å². The molecule has 0 aliphatic heterocycles. The number of nitrogens with zero attached hydrogens (tertiary/aromatic N) is 4. The van der Waals surface area contributed by atoms with Crippen LogP contribution in [0.15, 0.2) is 80.1 Å². The summed E-state index contributed by atoms with van der Waals surface area (Å²) in [7, 11) is 0. The van der Waals surface area contributed by atoms with E-state index in [0.717, 1.165) is 29.1 Å². The van der Waals surface area contributed by atoms with Crippen molar-refractivity contribution in [3.63, 3.8) is 0 Å². The van der Waals surface area contributed by atoms with Crippen LogP contribution in [0.5, 0.6) is 0 Å². The van der Waals surface area contributed by atoms with Crippen LogP contribution in [-0.4, -0.2) is 28.3 Å². The molecule has 0 atom stereocenters. The standard InChI is InChI=1S/C22H20N4O2S/c1-3-26(4-2)16-11-10-15-12-18(21(27)28-20(15)13-16)19-14-23-25-22(24-19)29-17-8-6-5-7-9-17/h5-14H,3-4H2,1-2H3. The zero-order valence-corrected chi connectivity index (χ0v) is 17.0. The van der Waals surface area contributed by atoms with Crippen LogP contribution in [0.25, 0.3) is 22.2 Å². The molecule has 0 aliphatic rings. The molecule has 0 N–H and O–H groups in total. The lowest BCUT2D eigenvalue weighted by molar-refractivity contribution is 0.562. The van der Waals surface area contributed by atoms with E-state index >= 15 is 0 Å². The molecular weight excluding hydrogens is 384 g/mol. The van der Waals surface area contributed by atoms with Gasteiger partial charge in [-0.2, -0.15) is 5.10 Å². The fourth-order valence-corrected chi connectivity index (χ4v) is 3.85. The van der Waals surface area contributed by atoms with Crippen molar-refractivity contribution in [2.75, 3.05) is 18.0 Å². The smallest absolute Gasteiger partial charge is 0.345 e. The van der Waals surface area contributed by atoms with Gasteiger partial charge in [-0.3, -0.25) is 0 Å². The molecule has 6 nitrogen and oxygen atoms in total. The van der Waals surface area contributed by atoms with Crippen LogP contribution in [0.4, 0.5) is 5.69 Å². The summed E-state index contributed by atoms with van der Waals surface area (Å²) in [6.07, 6.45) is 1.48. The monoisotopic (exact) mass is 404 g/mol. The molecule has 2 aromatic carbocycles. The summed E-state index contributed by atoms with van der Waals surface area (Å²) >= 11 is 1.39. The van der Waals surface area contributed by atoms with Gasteiger partial charge in [0, 0.05) is 35.1 Å². The molecule has 0 radical (unpaired) electrons. The molecule has 4 aromatic rings. The third-order valence-corrected chi connectivity index (χ3v) is 5.48. The van der Waals surface area contributed by atoms with E-state index in [-0.39, 0.29) is 0 Å². The molecule has 0 saturated carbocycles. The molecule has 7 heteroatoms. The average Bonchev–Trinajstić information content (AvgIpc) is 2.75. The van der Waals surface area contributed by atoms with Gasteiger partial charge in [0.1, 0.15) is 11.3 Å². The summed E-state index contributed by atoms with van der Waals surface area (Å²) in [6, 6.07) is 17.5. The Morgan fingerprint density at radius 3 is 2.59 bits per heavy atom. The largest absolute Gasteiger partial charge is 0.422 e. The quantitative estimate of drug-likeness (QED) is 0.433. The molecule has 0 unspecified atom stereocenters. The molecule has 146 valence electrons. The molecule has 0 fully saturated rings. The normalized spacial score (nSPS) is 11.0. The van der Waals surface area contributed by atoms with Gasteiger partial charge >= 0.3 is 5.63 Å². The molecule has 0 spiro atoms. The van der Waals surface area contributed by atoms with Gasteiger partial charge in [-0.15, -0.1) is 5.10 Å². The van der Waals surface area contributed by atoms with Gasteiger partial charge in [-0.25, -0.2) is 9.78 Å². The first kappa shape index (κ1) is 19.1. The number of benzene rings is 2. The van der Waals surface area contributed by atoms with Crippen LogP contribution in [0, 0.1) is 0 Å². The van der Waals surface area contributed by atoms with Crippen LogP contribution in [0.1, 0.15) is 13.8 Å². The third kappa shape index (κ3) is 4.14. The third-order valence-electron chi connectivity index (χ3n) is 4.62. The Kier molecular flexibility index (Phi) is 5.57. The van der Waals surface area contributed by atoms with Gasteiger partial charge in [0.25, 0.3) is 0 Å². The first-order valence-corrected chi connectivity index (χ1v) is 10.3. The van der Waals surface area contributed by atoms with Gasteiger partial charge in [-0.1, -0.05) is 18.2 Å². The first-order chi connectivity index (χ1) is 14.2. The summed E-state index contributed by atoms with van der Waals surface area (Å²) in [5.74, 6) is 0. The molecule has 0 amide bonds. The number of hydrogen-bond acceptors (Lipinski definition) is 7. The number of anilines is 1. The van der Waals surface area contributed by atoms with E-state index < -0.39 is 5.63 Å². The second-order valence-electron chi connectivity index (χ2n) is 6.38. The average molecular weight is 404 g/mol. The van der Waals surface area contributed by atoms with Crippen LogP contribution in [0.3, 0.4) is 0 Å². The number of aromatic nitrogens is 3. The van der Waals surface area contributed by atoms with Crippen molar-refractivity contribution in [1.82, 2.24) is 15.2 Å². The maximum Gasteiger partial charge on any atom is 0.345 e. The lowest BCUT2D eigenvalue weighted by Gasteiger charge is -2.21. The van der Waals surface area contributed by atoms with E-state index in [0.29, 0.717) is 22.0 Å². The Bertz CT molecular complexity index is 1190. The first-order valence-electron chi connectivity index (χ1n) is 9.43. The molecule has 4 rings (SSSR count). The van der Waals surface area contributed by atoms with E-state index in [2.05, 4.69) is 33.9 Å². The minimum absolute atomic E-state index is 0.373. The highest BCUT2D eigenvalue weighted by molar-refractivity contribution is 7.99. The van der Waals surface area contributed by atoms with Crippen molar-refractivity contribution >= 4 is 28.4 Å². The molecule has 29 heavy (non-hydrogen) atoms.